The molecular formula is C36H47N5O8S. The van der Waals surface area contributed by atoms with Crippen LogP contribution in [0.3, 0.4) is 0 Å². The zero-order valence-corrected chi connectivity index (χ0v) is 29.4. The molecule has 4 atom stereocenters. The minimum Gasteiger partial charge on any atom is -0.466 e. The number of hydrogen-bond acceptors (Lipinski definition) is 11. The molecule has 0 saturated carbocycles. The van der Waals surface area contributed by atoms with Crippen molar-refractivity contribution in [3.05, 3.63) is 65.9 Å². The maximum absolute atomic E-state index is 12.9. The van der Waals surface area contributed by atoms with Gasteiger partial charge in [-0.15, -0.1) is 0 Å². The maximum Gasteiger partial charge on any atom is 0.415 e. The second-order valence-electron chi connectivity index (χ2n) is 13.5. The van der Waals surface area contributed by atoms with E-state index < -0.39 is 26.7 Å². The number of carbonyl (C=O) groups is 2. The summed E-state index contributed by atoms with van der Waals surface area (Å²) < 4.78 is 41.2. The molecule has 4 unspecified atom stereocenters. The lowest BCUT2D eigenvalue weighted by atomic mass is 9.69. The van der Waals surface area contributed by atoms with Crippen LogP contribution in [0.4, 0.5) is 5.69 Å². The molecule has 0 N–H and O–H groups in total. The molecule has 50 heavy (non-hydrogen) atoms. The van der Waals surface area contributed by atoms with Crippen molar-refractivity contribution in [2.75, 3.05) is 51.3 Å². The Balaban J connectivity index is 0.917. The van der Waals surface area contributed by atoms with Crippen LogP contribution in [0, 0.1) is 17.0 Å². The van der Waals surface area contributed by atoms with Gasteiger partial charge in [-0.1, -0.05) is 36.4 Å². The van der Waals surface area contributed by atoms with E-state index in [4.69, 9.17) is 9.47 Å². The predicted octanol–water partition coefficient (Wildman–Crippen LogP) is 3.85. The van der Waals surface area contributed by atoms with Crippen molar-refractivity contribution in [3.63, 3.8) is 0 Å². The van der Waals surface area contributed by atoms with E-state index >= 15 is 0 Å². The van der Waals surface area contributed by atoms with Gasteiger partial charge in [0.2, 0.25) is 5.91 Å². The van der Waals surface area contributed by atoms with Gasteiger partial charge in [-0.25, -0.2) is 8.42 Å². The number of anilines is 1. The molecule has 14 heteroatoms. The molecule has 270 valence electrons. The first-order valence-corrected chi connectivity index (χ1v) is 19.2. The number of likely N-dealkylation sites (N-methyl/N-ethyl adjacent to an activating group) is 1. The molecule has 2 aromatic carbocycles. The number of carbonyl (C=O) groups excluding carboxylic acids is 2. The van der Waals surface area contributed by atoms with Gasteiger partial charge in [0, 0.05) is 37.8 Å². The number of aromatic nitrogens is 2. The van der Waals surface area contributed by atoms with E-state index in [0.29, 0.717) is 24.6 Å². The van der Waals surface area contributed by atoms with Crippen LogP contribution in [0.25, 0.3) is 0 Å². The van der Waals surface area contributed by atoms with E-state index in [-0.39, 0.29) is 41.7 Å². The minimum absolute atomic E-state index is 0.0394. The third kappa shape index (κ3) is 8.07. The van der Waals surface area contributed by atoms with Crippen molar-refractivity contribution in [2.24, 2.45) is 11.8 Å². The summed E-state index contributed by atoms with van der Waals surface area (Å²) in [6.45, 7) is 3.79. The van der Waals surface area contributed by atoms with Crippen molar-refractivity contribution in [1.29, 1.82) is 0 Å². The number of unbranched alkanes of at least 4 members (excludes halogenated alkanes) is 1. The fraction of sp³-hybridized carbons (Fsp3) is 0.556. The Morgan fingerprint density at radius 2 is 1.72 bits per heavy atom. The Bertz CT molecular complexity index is 1690. The quantitative estimate of drug-likeness (QED) is 0.129. The van der Waals surface area contributed by atoms with E-state index in [1.807, 2.05) is 0 Å². The maximum atomic E-state index is 12.9. The molecule has 0 aliphatic carbocycles. The number of para-hydroxylation sites is 1. The van der Waals surface area contributed by atoms with Crippen molar-refractivity contribution >= 4 is 27.4 Å². The highest BCUT2D eigenvalue weighted by Crippen LogP contribution is 2.44. The van der Waals surface area contributed by atoms with Gasteiger partial charge in [-0.05, 0) is 99.0 Å². The fourth-order valence-corrected chi connectivity index (χ4v) is 9.33. The molecule has 4 heterocycles. The monoisotopic (exact) mass is 709 g/mol. The van der Waals surface area contributed by atoms with Crippen LogP contribution < -0.4 is 14.5 Å². The van der Waals surface area contributed by atoms with Gasteiger partial charge in [0.1, 0.15) is 6.61 Å². The third-order valence-corrected chi connectivity index (χ3v) is 12.1. The fourth-order valence-electron chi connectivity index (χ4n) is 8.04. The van der Waals surface area contributed by atoms with E-state index in [1.54, 1.807) is 13.1 Å². The number of rotatable bonds is 15. The lowest BCUT2D eigenvalue weighted by Gasteiger charge is -2.58. The highest BCUT2D eigenvalue weighted by atomic mass is 32.2. The number of benzene rings is 2. The predicted molar refractivity (Wildman–Crippen MR) is 183 cm³/mol. The van der Waals surface area contributed by atoms with Crippen LogP contribution in [0.5, 0.6) is 5.88 Å². The topological polar surface area (TPSA) is 149 Å². The van der Waals surface area contributed by atoms with E-state index in [2.05, 4.69) is 49.9 Å². The summed E-state index contributed by atoms with van der Waals surface area (Å²) in [5, 5.41) is 14.7. The molecule has 3 saturated heterocycles. The molecular weight excluding hydrogens is 662 g/mol. The van der Waals surface area contributed by atoms with Gasteiger partial charge >= 0.3 is 16.9 Å². The van der Waals surface area contributed by atoms with Crippen molar-refractivity contribution in [1.82, 2.24) is 15.0 Å². The lowest BCUT2D eigenvalue weighted by Crippen LogP contribution is -2.64. The lowest BCUT2D eigenvalue weighted by molar-refractivity contribution is -0.832. The number of esters is 1. The number of hydrogen-bond donors (Lipinski definition) is 0. The summed E-state index contributed by atoms with van der Waals surface area (Å²) in [6, 6.07) is 19.3. The molecule has 6 rings (SSSR count). The van der Waals surface area contributed by atoms with E-state index in [9.17, 15) is 23.2 Å². The van der Waals surface area contributed by atoms with Crippen LogP contribution in [0.2, 0.25) is 0 Å². The highest BCUT2D eigenvalue weighted by molar-refractivity contribution is 7.91. The summed E-state index contributed by atoms with van der Waals surface area (Å²) in [5.74, 6) is 0.156. The Morgan fingerprint density at radius 1 is 1.00 bits per heavy atom. The second kappa shape index (κ2) is 16.2. The molecule has 0 radical (unpaired) electrons. The number of ether oxygens (including phenoxy) is 2. The van der Waals surface area contributed by atoms with Crippen LogP contribution in [0.1, 0.15) is 57.8 Å². The standard InChI is InChI=1S/C36H47N5O8S/c1-38(23-25-48-35-36(41(44)49-37-35)50(45,46)29-15-6-3-7-16-29)32(42)19-20-33(43)47-24-9-8-18-31-30-17-11-22-39-21-10-12-27(34(30)39)26-40(31)28-13-4-2-5-14-28/h2-7,13-16,27,30-31,34H,8-12,17-26H2,1H3. The van der Waals surface area contributed by atoms with Crippen LogP contribution in [-0.2, 0) is 24.2 Å². The Hall–Kier alpha value is -4.17. The molecule has 1 aromatic heterocycles. The summed E-state index contributed by atoms with van der Waals surface area (Å²) in [4.78, 5) is 31.6. The first-order chi connectivity index (χ1) is 24.2. The first kappa shape index (κ1) is 35.6. The molecule has 1 amide bonds. The summed E-state index contributed by atoms with van der Waals surface area (Å²) in [6.07, 6.45) is 7.84. The number of nitrogens with zero attached hydrogens (tertiary/aromatic N) is 5. The number of sulfone groups is 1. The van der Waals surface area contributed by atoms with Gasteiger partial charge in [0.15, 0.2) is 0 Å². The third-order valence-electron chi connectivity index (χ3n) is 10.4. The highest BCUT2D eigenvalue weighted by Gasteiger charge is 2.48. The number of piperidine rings is 3. The van der Waals surface area contributed by atoms with Crippen molar-refractivity contribution < 1.29 is 37.0 Å². The van der Waals surface area contributed by atoms with E-state index in [1.165, 1.54) is 73.6 Å². The summed E-state index contributed by atoms with van der Waals surface area (Å²) >= 11 is 0. The Morgan fingerprint density at radius 3 is 2.48 bits per heavy atom. The molecule has 3 fully saturated rings. The Labute approximate surface area is 293 Å². The zero-order chi connectivity index (χ0) is 35.1. The zero-order valence-electron chi connectivity index (χ0n) is 28.6. The average Bonchev–Trinajstić information content (AvgIpc) is 3.52. The Kier molecular flexibility index (Phi) is 11.6. The first-order valence-electron chi connectivity index (χ1n) is 17.7. The smallest absolute Gasteiger partial charge is 0.415 e. The minimum atomic E-state index is -4.25. The summed E-state index contributed by atoms with van der Waals surface area (Å²) in [5.41, 5.74) is 1.31. The van der Waals surface area contributed by atoms with Gasteiger partial charge in [0.05, 0.1) is 29.6 Å². The average molecular weight is 710 g/mol. The van der Waals surface area contributed by atoms with Gasteiger partial charge in [0.25, 0.3) is 9.84 Å². The van der Waals surface area contributed by atoms with E-state index in [0.717, 1.165) is 31.7 Å². The molecule has 3 aromatic rings. The second-order valence-corrected chi connectivity index (χ2v) is 15.4. The van der Waals surface area contributed by atoms with Gasteiger partial charge in [-0.3, -0.25) is 19.1 Å². The normalized spacial score (nSPS) is 22.1. The molecule has 13 nitrogen and oxygen atoms in total. The molecule has 3 aliphatic heterocycles. The molecule has 3 aliphatic rings. The van der Waals surface area contributed by atoms with Crippen LogP contribution in [0.15, 0.2) is 75.2 Å². The number of amides is 1. The summed E-state index contributed by atoms with van der Waals surface area (Å²) in [7, 11) is -2.71. The van der Waals surface area contributed by atoms with Crippen molar-refractivity contribution in [3.8, 4) is 5.88 Å². The van der Waals surface area contributed by atoms with Gasteiger partial charge in [-0.2, -0.15) is 0 Å². The largest absolute Gasteiger partial charge is 0.466 e. The SMILES string of the molecule is CN(CCOc1no[n+]([O-])c1S(=O)(=O)c1ccccc1)C(=O)CCC(=O)OCCCCC1C2CCCN3CCCC(CN1c1ccccc1)C23. The van der Waals surface area contributed by atoms with Gasteiger partial charge < -0.3 is 24.5 Å². The van der Waals surface area contributed by atoms with Crippen LogP contribution in [-0.4, -0.2) is 93.8 Å². The van der Waals surface area contributed by atoms with Crippen LogP contribution >= 0.6 is 0 Å². The molecule has 0 spiro atoms. The van der Waals surface area contributed by atoms with Crippen molar-refractivity contribution in [2.45, 2.75) is 79.8 Å². The molecule has 0 bridgehead atoms.